The molecule has 1 aromatic carbocycles. The van der Waals surface area contributed by atoms with Crippen molar-refractivity contribution in [1.82, 2.24) is 0 Å². The molecule has 0 bridgehead atoms. The van der Waals surface area contributed by atoms with Crippen molar-refractivity contribution in [2.24, 2.45) is 0 Å². The number of aryl methyl sites for hydroxylation is 1. The summed E-state index contributed by atoms with van der Waals surface area (Å²) < 4.78 is 23.5. The molecule has 1 aliphatic heterocycles. The molecule has 1 heterocycles. The van der Waals surface area contributed by atoms with E-state index in [1.807, 2.05) is 12.1 Å². The van der Waals surface area contributed by atoms with E-state index in [0.717, 1.165) is 16.9 Å². The molecule has 3 nitrogen and oxygen atoms in total. The number of benzene rings is 1. The summed E-state index contributed by atoms with van der Waals surface area (Å²) in [6.07, 6.45) is 1.55. The molecule has 0 atom stereocenters. The quantitative estimate of drug-likeness (QED) is 0.835. The summed E-state index contributed by atoms with van der Waals surface area (Å²) in [5, 5.41) is 8.73. The molecule has 0 aromatic heterocycles. The molecular weight excluding hydrogens is 244 g/mol. The molecule has 0 aliphatic carbocycles. The van der Waals surface area contributed by atoms with Gasteiger partial charge in [-0.15, -0.1) is 11.8 Å². The van der Waals surface area contributed by atoms with Crippen LogP contribution >= 0.6 is 11.8 Å². The Labute approximate surface area is 99.8 Å². The summed E-state index contributed by atoms with van der Waals surface area (Å²) in [4.78, 5) is 1.52. The summed E-state index contributed by atoms with van der Waals surface area (Å²) in [5.41, 5.74) is 0.925. The van der Waals surface area contributed by atoms with Crippen molar-refractivity contribution in [2.75, 3.05) is 18.1 Å². The zero-order valence-electron chi connectivity index (χ0n) is 8.85. The monoisotopic (exact) mass is 258 g/mol. The minimum atomic E-state index is -3.04. The lowest BCUT2D eigenvalue weighted by Crippen LogP contribution is -2.15. The molecule has 88 valence electrons. The van der Waals surface area contributed by atoms with Crippen LogP contribution < -0.4 is 0 Å². The van der Waals surface area contributed by atoms with Gasteiger partial charge in [-0.2, -0.15) is 0 Å². The lowest BCUT2D eigenvalue weighted by atomic mass is 10.1. The second kappa shape index (κ2) is 4.77. The van der Waals surface area contributed by atoms with Gasteiger partial charge in [0.05, 0.1) is 17.3 Å². The normalized spacial score (nSPS) is 18.1. The SMILES string of the molecule is O=S1(=O)CCCc2cc(SCCO)ccc21. The predicted molar refractivity (Wildman–Crippen MR) is 64.6 cm³/mol. The lowest BCUT2D eigenvalue weighted by Gasteiger charge is -2.16. The highest BCUT2D eigenvalue weighted by Crippen LogP contribution is 2.29. The van der Waals surface area contributed by atoms with E-state index in [2.05, 4.69) is 0 Å². The maximum atomic E-state index is 11.8. The first-order valence-electron chi connectivity index (χ1n) is 5.23. The molecule has 0 unspecified atom stereocenters. The molecule has 1 N–H and O–H groups in total. The summed E-state index contributed by atoms with van der Waals surface area (Å²) in [6.45, 7) is 0.139. The van der Waals surface area contributed by atoms with E-state index >= 15 is 0 Å². The third-order valence-electron chi connectivity index (χ3n) is 2.59. The smallest absolute Gasteiger partial charge is 0.178 e. The topological polar surface area (TPSA) is 54.4 Å². The Kier molecular flexibility index (Phi) is 3.56. The van der Waals surface area contributed by atoms with Gasteiger partial charge in [-0.25, -0.2) is 8.42 Å². The van der Waals surface area contributed by atoms with Crippen LogP contribution in [0.1, 0.15) is 12.0 Å². The van der Waals surface area contributed by atoms with E-state index in [4.69, 9.17) is 5.11 Å². The number of rotatable bonds is 3. The van der Waals surface area contributed by atoms with Crippen LogP contribution in [0.15, 0.2) is 28.0 Å². The van der Waals surface area contributed by atoms with Gasteiger partial charge in [-0.3, -0.25) is 0 Å². The van der Waals surface area contributed by atoms with Gasteiger partial charge in [0.2, 0.25) is 0 Å². The largest absolute Gasteiger partial charge is 0.396 e. The number of sulfone groups is 1. The maximum absolute atomic E-state index is 11.8. The molecule has 0 spiro atoms. The average Bonchev–Trinajstić information content (AvgIpc) is 2.25. The van der Waals surface area contributed by atoms with Crippen molar-refractivity contribution in [3.63, 3.8) is 0 Å². The first-order valence-corrected chi connectivity index (χ1v) is 7.86. The van der Waals surface area contributed by atoms with Crippen molar-refractivity contribution in [3.05, 3.63) is 23.8 Å². The van der Waals surface area contributed by atoms with E-state index in [1.165, 1.54) is 0 Å². The number of fused-ring (bicyclic) bond motifs is 1. The second-order valence-corrected chi connectivity index (χ2v) is 7.01. The Hall–Kier alpha value is -0.520. The summed E-state index contributed by atoms with van der Waals surface area (Å²) >= 11 is 1.55. The fourth-order valence-corrected chi connectivity index (χ4v) is 4.17. The summed E-state index contributed by atoms with van der Waals surface area (Å²) in [5.74, 6) is 0.911. The number of hydrogen-bond acceptors (Lipinski definition) is 4. The fraction of sp³-hybridized carbons (Fsp3) is 0.455. The molecule has 1 aromatic rings. The molecule has 1 aliphatic rings. The third kappa shape index (κ3) is 2.42. The van der Waals surface area contributed by atoms with Crippen LogP contribution in [0.25, 0.3) is 0 Å². The minimum Gasteiger partial charge on any atom is -0.396 e. The zero-order valence-corrected chi connectivity index (χ0v) is 10.5. The van der Waals surface area contributed by atoms with Crippen LogP contribution in [-0.4, -0.2) is 31.6 Å². The highest BCUT2D eigenvalue weighted by atomic mass is 32.2. The molecule has 0 saturated carbocycles. The zero-order chi connectivity index (χ0) is 11.6. The van der Waals surface area contributed by atoms with Crippen molar-refractivity contribution in [1.29, 1.82) is 0 Å². The van der Waals surface area contributed by atoms with Crippen LogP contribution in [0.4, 0.5) is 0 Å². The van der Waals surface area contributed by atoms with Crippen LogP contribution in [0.3, 0.4) is 0 Å². The Morgan fingerprint density at radius 3 is 2.94 bits per heavy atom. The van der Waals surface area contributed by atoms with Crippen LogP contribution in [0.2, 0.25) is 0 Å². The molecule has 16 heavy (non-hydrogen) atoms. The molecule has 0 amide bonds. The van der Waals surface area contributed by atoms with E-state index in [-0.39, 0.29) is 12.4 Å². The Balaban J connectivity index is 2.32. The second-order valence-electron chi connectivity index (χ2n) is 3.76. The van der Waals surface area contributed by atoms with E-state index in [1.54, 1.807) is 17.8 Å². The lowest BCUT2D eigenvalue weighted by molar-refractivity contribution is 0.322. The van der Waals surface area contributed by atoms with E-state index in [0.29, 0.717) is 17.1 Å². The van der Waals surface area contributed by atoms with E-state index < -0.39 is 9.84 Å². The number of hydrogen-bond donors (Lipinski definition) is 1. The highest BCUT2D eigenvalue weighted by Gasteiger charge is 2.23. The molecule has 5 heteroatoms. The minimum absolute atomic E-state index is 0.139. The van der Waals surface area contributed by atoms with Gasteiger partial charge in [0.25, 0.3) is 0 Å². The van der Waals surface area contributed by atoms with Crippen molar-refractivity contribution < 1.29 is 13.5 Å². The maximum Gasteiger partial charge on any atom is 0.178 e. The molecule has 2 rings (SSSR count). The number of aliphatic hydroxyl groups is 1. The Morgan fingerprint density at radius 1 is 1.38 bits per heavy atom. The summed E-state index contributed by atoms with van der Waals surface area (Å²) in [6, 6.07) is 5.46. The van der Waals surface area contributed by atoms with Crippen LogP contribution in [0.5, 0.6) is 0 Å². The van der Waals surface area contributed by atoms with E-state index in [9.17, 15) is 8.42 Å². The first-order chi connectivity index (χ1) is 7.63. The molecular formula is C11H14O3S2. The Bertz CT molecular complexity index is 480. The average molecular weight is 258 g/mol. The van der Waals surface area contributed by atoms with Crippen LogP contribution in [-0.2, 0) is 16.3 Å². The number of aliphatic hydroxyl groups excluding tert-OH is 1. The van der Waals surface area contributed by atoms with Gasteiger partial charge in [0.1, 0.15) is 0 Å². The predicted octanol–water partition coefficient (Wildman–Crippen LogP) is 1.49. The Morgan fingerprint density at radius 2 is 2.19 bits per heavy atom. The molecule has 0 fully saturated rings. The third-order valence-corrected chi connectivity index (χ3v) is 5.45. The van der Waals surface area contributed by atoms with Gasteiger partial charge >= 0.3 is 0 Å². The van der Waals surface area contributed by atoms with Crippen LogP contribution in [0, 0.1) is 0 Å². The highest BCUT2D eigenvalue weighted by molar-refractivity contribution is 7.99. The summed E-state index contributed by atoms with van der Waals surface area (Å²) in [7, 11) is -3.04. The molecule has 0 saturated heterocycles. The first kappa shape index (κ1) is 12.0. The number of thioether (sulfide) groups is 1. The van der Waals surface area contributed by atoms with Gasteiger partial charge in [0.15, 0.2) is 9.84 Å². The van der Waals surface area contributed by atoms with Gasteiger partial charge in [-0.05, 0) is 36.6 Å². The fourth-order valence-electron chi connectivity index (χ4n) is 1.87. The van der Waals surface area contributed by atoms with Crippen molar-refractivity contribution >= 4 is 21.6 Å². The van der Waals surface area contributed by atoms with Gasteiger partial charge in [-0.1, -0.05) is 0 Å². The van der Waals surface area contributed by atoms with Crippen molar-refractivity contribution in [2.45, 2.75) is 22.6 Å². The van der Waals surface area contributed by atoms with Gasteiger partial charge in [0, 0.05) is 10.6 Å². The van der Waals surface area contributed by atoms with Crippen molar-refractivity contribution in [3.8, 4) is 0 Å². The van der Waals surface area contributed by atoms with Gasteiger partial charge < -0.3 is 5.11 Å². The standard InChI is InChI=1S/C11H14O3S2/c12-5-6-15-10-3-4-11-9(8-10)2-1-7-16(11,13)14/h3-4,8,12H,1-2,5-7H2. The molecule has 0 radical (unpaired) electrons.